The van der Waals surface area contributed by atoms with Crippen molar-refractivity contribution < 1.29 is 4.74 Å². The van der Waals surface area contributed by atoms with E-state index in [9.17, 15) is 0 Å². The van der Waals surface area contributed by atoms with E-state index in [1.807, 2.05) is 36.5 Å². The van der Waals surface area contributed by atoms with Crippen LogP contribution in [-0.4, -0.2) is 29.7 Å². The van der Waals surface area contributed by atoms with Gasteiger partial charge >= 0.3 is 0 Å². The fourth-order valence-electron chi connectivity index (χ4n) is 1.53. The Morgan fingerprint density at radius 1 is 1.18 bits per heavy atom. The van der Waals surface area contributed by atoms with E-state index in [2.05, 4.69) is 15.3 Å². The van der Waals surface area contributed by atoms with E-state index in [1.165, 1.54) is 0 Å². The highest BCUT2D eigenvalue weighted by molar-refractivity contribution is 5.20. The normalized spacial score (nSPS) is 10.4. The Morgan fingerprint density at radius 3 is 2.82 bits per heavy atom. The number of aromatic amines is 1. The van der Waals surface area contributed by atoms with Crippen LogP contribution in [0, 0.1) is 0 Å². The van der Waals surface area contributed by atoms with Gasteiger partial charge in [-0.05, 0) is 12.1 Å². The Hall–Kier alpha value is -1.81. The monoisotopic (exact) mass is 231 g/mol. The molecule has 0 unspecified atom stereocenters. The third-order valence-electron chi connectivity index (χ3n) is 2.42. The van der Waals surface area contributed by atoms with Gasteiger partial charge in [-0.2, -0.15) is 0 Å². The van der Waals surface area contributed by atoms with Gasteiger partial charge in [-0.3, -0.25) is 0 Å². The lowest BCUT2D eigenvalue weighted by Gasteiger charge is -2.06. The fraction of sp³-hybridized carbons (Fsp3) is 0.308. The van der Waals surface area contributed by atoms with Gasteiger partial charge < -0.3 is 15.0 Å². The molecule has 0 amide bonds. The largest absolute Gasteiger partial charge is 0.492 e. The SMILES string of the molecule is c1ccc(OCCNCCc2cnc[nH]2)cc1. The molecule has 4 nitrogen and oxygen atoms in total. The number of nitrogens with zero attached hydrogens (tertiary/aromatic N) is 1. The topological polar surface area (TPSA) is 49.9 Å². The summed E-state index contributed by atoms with van der Waals surface area (Å²) in [5.41, 5.74) is 1.15. The number of para-hydroxylation sites is 1. The predicted octanol–water partition coefficient (Wildman–Crippen LogP) is 1.62. The minimum atomic E-state index is 0.687. The minimum Gasteiger partial charge on any atom is -0.492 e. The van der Waals surface area contributed by atoms with Crippen LogP contribution in [0.15, 0.2) is 42.9 Å². The summed E-state index contributed by atoms with van der Waals surface area (Å²) in [7, 11) is 0. The summed E-state index contributed by atoms with van der Waals surface area (Å²) in [6.07, 6.45) is 4.52. The van der Waals surface area contributed by atoms with Crippen molar-refractivity contribution in [2.75, 3.05) is 19.7 Å². The maximum absolute atomic E-state index is 5.56. The standard InChI is InChI=1S/C13H17N3O/c1-2-4-13(5-3-1)17-9-8-14-7-6-12-10-15-11-16-12/h1-5,10-11,14H,6-9H2,(H,15,16). The van der Waals surface area contributed by atoms with Crippen molar-refractivity contribution in [1.29, 1.82) is 0 Å². The van der Waals surface area contributed by atoms with Gasteiger partial charge in [-0.15, -0.1) is 0 Å². The predicted molar refractivity (Wildman–Crippen MR) is 67.1 cm³/mol. The number of hydrogen-bond acceptors (Lipinski definition) is 3. The molecule has 0 aliphatic heterocycles. The van der Waals surface area contributed by atoms with E-state index in [0.717, 1.165) is 31.0 Å². The van der Waals surface area contributed by atoms with Crippen LogP contribution >= 0.6 is 0 Å². The first-order valence-electron chi connectivity index (χ1n) is 5.81. The van der Waals surface area contributed by atoms with E-state index in [-0.39, 0.29) is 0 Å². The summed E-state index contributed by atoms with van der Waals surface area (Å²) in [6.45, 7) is 2.47. The van der Waals surface area contributed by atoms with E-state index in [0.29, 0.717) is 6.61 Å². The van der Waals surface area contributed by atoms with Crippen molar-refractivity contribution in [2.45, 2.75) is 6.42 Å². The maximum Gasteiger partial charge on any atom is 0.119 e. The van der Waals surface area contributed by atoms with Gasteiger partial charge in [0.2, 0.25) is 0 Å². The second-order valence-corrected chi connectivity index (χ2v) is 3.74. The second kappa shape index (κ2) is 6.70. The molecule has 1 aromatic heterocycles. The molecule has 2 rings (SSSR count). The average Bonchev–Trinajstić information content (AvgIpc) is 2.88. The molecule has 0 bridgehead atoms. The third kappa shape index (κ3) is 4.28. The fourth-order valence-corrected chi connectivity index (χ4v) is 1.53. The number of rotatable bonds is 7. The van der Waals surface area contributed by atoms with Crippen LogP contribution in [0.2, 0.25) is 0 Å². The van der Waals surface area contributed by atoms with Crippen molar-refractivity contribution in [3.8, 4) is 5.75 Å². The maximum atomic E-state index is 5.56. The molecule has 0 atom stereocenters. The second-order valence-electron chi connectivity index (χ2n) is 3.74. The van der Waals surface area contributed by atoms with E-state index >= 15 is 0 Å². The molecule has 0 spiro atoms. The van der Waals surface area contributed by atoms with Gasteiger partial charge in [0, 0.05) is 31.4 Å². The molecule has 2 N–H and O–H groups in total. The lowest BCUT2D eigenvalue weighted by molar-refractivity contribution is 0.314. The Morgan fingerprint density at radius 2 is 2.06 bits per heavy atom. The summed E-state index contributed by atoms with van der Waals surface area (Å²) < 4.78 is 5.56. The Balaban J connectivity index is 1.52. The average molecular weight is 231 g/mol. The summed E-state index contributed by atoms with van der Waals surface area (Å²) in [4.78, 5) is 7.04. The van der Waals surface area contributed by atoms with E-state index < -0.39 is 0 Å². The van der Waals surface area contributed by atoms with Crippen molar-refractivity contribution in [3.05, 3.63) is 48.5 Å². The van der Waals surface area contributed by atoms with E-state index in [4.69, 9.17) is 4.74 Å². The third-order valence-corrected chi connectivity index (χ3v) is 2.42. The van der Waals surface area contributed by atoms with Crippen LogP contribution in [0.3, 0.4) is 0 Å². The summed E-state index contributed by atoms with van der Waals surface area (Å²) in [6, 6.07) is 9.85. The van der Waals surface area contributed by atoms with Crippen molar-refractivity contribution in [1.82, 2.24) is 15.3 Å². The van der Waals surface area contributed by atoms with Crippen LogP contribution in [0.4, 0.5) is 0 Å². The van der Waals surface area contributed by atoms with Gasteiger partial charge in [0.1, 0.15) is 12.4 Å². The van der Waals surface area contributed by atoms with E-state index in [1.54, 1.807) is 6.33 Å². The zero-order valence-electron chi connectivity index (χ0n) is 9.73. The molecule has 4 heteroatoms. The zero-order chi connectivity index (χ0) is 11.8. The number of ether oxygens (including phenoxy) is 1. The molecule has 90 valence electrons. The number of hydrogen-bond donors (Lipinski definition) is 2. The number of aromatic nitrogens is 2. The highest BCUT2D eigenvalue weighted by Gasteiger charge is 1.94. The molecule has 1 heterocycles. The molecule has 0 aliphatic rings. The van der Waals surface area contributed by atoms with Crippen molar-refractivity contribution in [3.63, 3.8) is 0 Å². The van der Waals surface area contributed by atoms with Crippen molar-refractivity contribution in [2.24, 2.45) is 0 Å². The molecular formula is C13H17N3O. The molecule has 2 aromatic rings. The highest BCUT2D eigenvalue weighted by Crippen LogP contribution is 2.07. The van der Waals surface area contributed by atoms with Crippen LogP contribution in [0.25, 0.3) is 0 Å². The molecule has 17 heavy (non-hydrogen) atoms. The van der Waals surface area contributed by atoms with Crippen LogP contribution in [0.5, 0.6) is 5.75 Å². The first-order valence-corrected chi connectivity index (χ1v) is 5.81. The van der Waals surface area contributed by atoms with Gasteiger partial charge in [0.25, 0.3) is 0 Å². The molecule has 0 saturated heterocycles. The number of imidazole rings is 1. The van der Waals surface area contributed by atoms with Gasteiger partial charge in [0.15, 0.2) is 0 Å². The van der Waals surface area contributed by atoms with Crippen LogP contribution in [0.1, 0.15) is 5.69 Å². The van der Waals surface area contributed by atoms with Gasteiger partial charge in [-0.25, -0.2) is 4.98 Å². The molecule has 0 saturated carbocycles. The van der Waals surface area contributed by atoms with Gasteiger partial charge in [0.05, 0.1) is 6.33 Å². The Bertz CT molecular complexity index is 400. The summed E-state index contributed by atoms with van der Waals surface area (Å²) in [5, 5.41) is 3.32. The lowest BCUT2D eigenvalue weighted by atomic mass is 10.3. The van der Waals surface area contributed by atoms with Gasteiger partial charge in [-0.1, -0.05) is 18.2 Å². The Labute approximate surface area is 101 Å². The molecule has 1 aromatic carbocycles. The zero-order valence-corrected chi connectivity index (χ0v) is 9.73. The molecule has 0 aliphatic carbocycles. The highest BCUT2D eigenvalue weighted by atomic mass is 16.5. The quantitative estimate of drug-likeness (QED) is 0.712. The number of benzene rings is 1. The molecule has 0 fully saturated rings. The van der Waals surface area contributed by atoms with Crippen molar-refractivity contribution >= 4 is 0 Å². The molecule has 0 radical (unpaired) electrons. The first kappa shape index (κ1) is 11.7. The lowest BCUT2D eigenvalue weighted by Crippen LogP contribution is -2.23. The smallest absolute Gasteiger partial charge is 0.119 e. The summed E-state index contributed by atoms with van der Waals surface area (Å²) in [5.74, 6) is 0.919. The molecular weight excluding hydrogens is 214 g/mol. The number of H-pyrrole nitrogens is 1. The van der Waals surface area contributed by atoms with Crippen LogP contribution < -0.4 is 10.1 Å². The first-order chi connectivity index (χ1) is 8.45. The minimum absolute atomic E-state index is 0.687. The Kier molecular flexibility index (Phi) is 4.60. The number of nitrogens with one attached hydrogen (secondary N) is 2. The summed E-state index contributed by atoms with van der Waals surface area (Å²) >= 11 is 0. The van der Waals surface area contributed by atoms with Crippen LogP contribution in [-0.2, 0) is 6.42 Å².